The lowest BCUT2D eigenvalue weighted by molar-refractivity contribution is 0.0993. The van der Waals surface area contributed by atoms with Crippen LogP contribution in [0.15, 0.2) is 42.5 Å². The number of nitrogens with two attached hydrogens (primary N) is 1. The monoisotopic (exact) mass is 275 g/mol. The average molecular weight is 276 g/mol. The zero-order valence-electron chi connectivity index (χ0n) is 10.5. The number of carbonyl (C=O) groups is 1. The summed E-state index contributed by atoms with van der Waals surface area (Å²) in [7, 11) is 1.55. The highest BCUT2D eigenvalue weighted by atomic mass is 35.5. The molecule has 0 unspecified atom stereocenters. The van der Waals surface area contributed by atoms with Crippen LogP contribution < -0.4 is 10.5 Å². The number of anilines is 1. The summed E-state index contributed by atoms with van der Waals surface area (Å²) in [5.41, 5.74) is 7.66. The quantitative estimate of drug-likeness (QED) is 0.688. The number of halogens is 1. The first-order valence-electron chi connectivity index (χ1n) is 5.81. The lowest BCUT2D eigenvalue weighted by Crippen LogP contribution is -2.07. The minimum atomic E-state index is -0.0428. The third-order valence-electron chi connectivity index (χ3n) is 2.84. The van der Waals surface area contributed by atoms with Crippen molar-refractivity contribution in [2.24, 2.45) is 0 Å². The van der Waals surface area contributed by atoms with Gasteiger partial charge < -0.3 is 10.5 Å². The van der Waals surface area contributed by atoms with Crippen molar-refractivity contribution in [1.82, 2.24) is 0 Å². The molecule has 19 heavy (non-hydrogen) atoms. The second kappa shape index (κ2) is 5.76. The molecule has 2 N–H and O–H groups in total. The first-order valence-corrected chi connectivity index (χ1v) is 6.19. The summed E-state index contributed by atoms with van der Waals surface area (Å²) in [6.45, 7) is 0. The number of carbonyl (C=O) groups excluding carboxylic acids is 1. The Morgan fingerprint density at radius 2 is 1.89 bits per heavy atom. The number of Topliss-reactive ketones (excluding diaryl/α,β-unsaturated/α-hetero) is 1. The third kappa shape index (κ3) is 3.26. The maximum atomic E-state index is 12.2. The van der Waals surface area contributed by atoms with Gasteiger partial charge in [0.25, 0.3) is 0 Å². The second-order valence-electron chi connectivity index (χ2n) is 4.18. The van der Waals surface area contributed by atoms with Gasteiger partial charge in [-0.2, -0.15) is 0 Å². The minimum absolute atomic E-state index is 0.0428. The van der Waals surface area contributed by atoms with E-state index < -0.39 is 0 Å². The van der Waals surface area contributed by atoms with Crippen molar-refractivity contribution in [2.75, 3.05) is 12.8 Å². The van der Waals surface area contributed by atoms with Crippen LogP contribution in [0.3, 0.4) is 0 Å². The standard InChI is InChI=1S/C15H14ClNO2/c1-19-12-6-7-14(17)13(9-12)15(18)8-10-2-4-11(16)5-3-10/h2-7,9H,8,17H2,1H3. The number of ether oxygens (including phenoxy) is 1. The van der Waals surface area contributed by atoms with Gasteiger partial charge in [0, 0.05) is 22.7 Å². The molecule has 0 radical (unpaired) electrons. The molecule has 2 rings (SSSR count). The smallest absolute Gasteiger partial charge is 0.169 e. The number of ketones is 1. The van der Waals surface area contributed by atoms with Crippen LogP contribution in [-0.4, -0.2) is 12.9 Å². The number of hydrogen-bond acceptors (Lipinski definition) is 3. The minimum Gasteiger partial charge on any atom is -0.497 e. The van der Waals surface area contributed by atoms with Crippen LogP contribution in [0.4, 0.5) is 5.69 Å². The molecule has 0 saturated heterocycles. The highest BCUT2D eigenvalue weighted by Crippen LogP contribution is 2.21. The third-order valence-corrected chi connectivity index (χ3v) is 3.09. The van der Waals surface area contributed by atoms with E-state index in [-0.39, 0.29) is 12.2 Å². The Hall–Kier alpha value is -2.00. The van der Waals surface area contributed by atoms with E-state index >= 15 is 0 Å². The Bertz CT molecular complexity index is 594. The molecule has 0 bridgehead atoms. The topological polar surface area (TPSA) is 52.3 Å². The lowest BCUT2D eigenvalue weighted by Gasteiger charge is -2.07. The Labute approximate surface area is 117 Å². The van der Waals surface area contributed by atoms with Crippen molar-refractivity contribution in [1.29, 1.82) is 0 Å². The predicted molar refractivity (Wildman–Crippen MR) is 76.9 cm³/mol. The van der Waals surface area contributed by atoms with E-state index in [0.29, 0.717) is 22.0 Å². The van der Waals surface area contributed by atoms with Crippen molar-refractivity contribution >= 4 is 23.1 Å². The molecule has 0 heterocycles. The van der Waals surface area contributed by atoms with E-state index in [1.807, 2.05) is 12.1 Å². The molecular weight excluding hydrogens is 262 g/mol. The summed E-state index contributed by atoms with van der Waals surface area (Å²) >= 11 is 5.81. The number of methoxy groups -OCH3 is 1. The van der Waals surface area contributed by atoms with E-state index in [4.69, 9.17) is 22.1 Å². The second-order valence-corrected chi connectivity index (χ2v) is 4.62. The maximum Gasteiger partial charge on any atom is 0.169 e. The highest BCUT2D eigenvalue weighted by Gasteiger charge is 2.11. The van der Waals surface area contributed by atoms with E-state index in [1.54, 1.807) is 37.4 Å². The summed E-state index contributed by atoms with van der Waals surface area (Å²) in [5.74, 6) is 0.576. The van der Waals surface area contributed by atoms with Gasteiger partial charge in [-0.25, -0.2) is 0 Å². The largest absolute Gasteiger partial charge is 0.497 e. The van der Waals surface area contributed by atoms with Crippen molar-refractivity contribution in [3.05, 3.63) is 58.6 Å². The van der Waals surface area contributed by atoms with E-state index in [2.05, 4.69) is 0 Å². The van der Waals surface area contributed by atoms with Crippen LogP contribution in [-0.2, 0) is 6.42 Å². The van der Waals surface area contributed by atoms with E-state index in [9.17, 15) is 4.79 Å². The molecule has 0 aliphatic carbocycles. The Morgan fingerprint density at radius 1 is 1.21 bits per heavy atom. The van der Waals surface area contributed by atoms with Gasteiger partial charge in [-0.05, 0) is 35.9 Å². The van der Waals surface area contributed by atoms with Gasteiger partial charge in [0.2, 0.25) is 0 Å². The first kappa shape index (κ1) is 13.4. The molecule has 0 aliphatic rings. The molecule has 0 atom stereocenters. The molecular formula is C15H14ClNO2. The van der Waals surface area contributed by atoms with Crippen LogP contribution in [0, 0.1) is 0 Å². The molecule has 0 amide bonds. The van der Waals surface area contributed by atoms with Crippen LogP contribution in [0.2, 0.25) is 5.02 Å². The Balaban J connectivity index is 2.22. The zero-order chi connectivity index (χ0) is 13.8. The van der Waals surface area contributed by atoms with Gasteiger partial charge in [0.05, 0.1) is 7.11 Å². The van der Waals surface area contributed by atoms with Gasteiger partial charge in [-0.1, -0.05) is 23.7 Å². The van der Waals surface area contributed by atoms with Crippen LogP contribution in [0.1, 0.15) is 15.9 Å². The Morgan fingerprint density at radius 3 is 2.53 bits per heavy atom. The SMILES string of the molecule is COc1ccc(N)c(C(=O)Cc2ccc(Cl)cc2)c1. The molecule has 4 heteroatoms. The molecule has 0 aliphatic heterocycles. The summed E-state index contributed by atoms with van der Waals surface area (Å²) < 4.78 is 5.10. The number of nitrogen functional groups attached to an aromatic ring is 1. The summed E-state index contributed by atoms with van der Waals surface area (Å²) in [6.07, 6.45) is 0.286. The highest BCUT2D eigenvalue weighted by molar-refractivity contribution is 6.30. The maximum absolute atomic E-state index is 12.2. The van der Waals surface area contributed by atoms with Gasteiger partial charge in [0.1, 0.15) is 5.75 Å². The van der Waals surface area contributed by atoms with Crippen molar-refractivity contribution in [3.8, 4) is 5.75 Å². The van der Waals surface area contributed by atoms with E-state index in [1.165, 1.54) is 0 Å². The van der Waals surface area contributed by atoms with Crippen LogP contribution in [0.25, 0.3) is 0 Å². The van der Waals surface area contributed by atoms with Crippen molar-refractivity contribution in [3.63, 3.8) is 0 Å². The fourth-order valence-electron chi connectivity index (χ4n) is 1.79. The Kier molecular flexibility index (Phi) is 4.07. The summed E-state index contributed by atoms with van der Waals surface area (Å²) in [5, 5.41) is 0.650. The van der Waals surface area contributed by atoms with E-state index in [0.717, 1.165) is 5.56 Å². The van der Waals surface area contributed by atoms with Gasteiger partial charge >= 0.3 is 0 Å². The van der Waals surface area contributed by atoms with Gasteiger partial charge in [-0.3, -0.25) is 4.79 Å². The van der Waals surface area contributed by atoms with Crippen LogP contribution in [0.5, 0.6) is 5.75 Å². The van der Waals surface area contributed by atoms with Gasteiger partial charge in [-0.15, -0.1) is 0 Å². The number of benzene rings is 2. The zero-order valence-corrected chi connectivity index (χ0v) is 11.3. The molecule has 0 aromatic heterocycles. The first-order chi connectivity index (χ1) is 9.10. The number of hydrogen-bond donors (Lipinski definition) is 1. The van der Waals surface area contributed by atoms with Gasteiger partial charge in [0.15, 0.2) is 5.78 Å². The molecule has 98 valence electrons. The molecule has 0 spiro atoms. The normalized spacial score (nSPS) is 10.2. The molecule has 3 nitrogen and oxygen atoms in total. The molecule has 0 fully saturated rings. The summed E-state index contributed by atoms with van der Waals surface area (Å²) in [6, 6.07) is 12.3. The lowest BCUT2D eigenvalue weighted by atomic mass is 10.0. The molecule has 2 aromatic rings. The van der Waals surface area contributed by atoms with Crippen molar-refractivity contribution in [2.45, 2.75) is 6.42 Å². The fourth-order valence-corrected chi connectivity index (χ4v) is 1.91. The number of rotatable bonds is 4. The fraction of sp³-hybridized carbons (Fsp3) is 0.133. The average Bonchev–Trinajstić information content (AvgIpc) is 2.42. The molecule has 2 aromatic carbocycles. The van der Waals surface area contributed by atoms with Crippen LogP contribution >= 0.6 is 11.6 Å². The summed E-state index contributed by atoms with van der Waals surface area (Å²) in [4.78, 5) is 12.2. The molecule has 0 saturated carbocycles. The van der Waals surface area contributed by atoms with Crippen molar-refractivity contribution < 1.29 is 9.53 Å². The predicted octanol–water partition coefficient (Wildman–Crippen LogP) is 3.36.